The van der Waals surface area contributed by atoms with Gasteiger partial charge < -0.3 is 24.8 Å². The highest BCUT2D eigenvalue weighted by molar-refractivity contribution is 7.11. The van der Waals surface area contributed by atoms with Crippen molar-refractivity contribution in [3.8, 4) is 0 Å². The first-order chi connectivity index (χ1) is 23.5. The number of urea groups is 1. The van der Waals surface area contributed by atoms with Gasteiger partial charge in [-0.3, -0.25) is 19.6 Å². The van der Waals surface area contributed by atoms with Crippen LogP contribution in [-0.4, -0.2) is 103 Å². The summed E-state index contributed by atoms with van der Waals surface area (Å²) in [6.07, 6.45) is -0.0542. The average molecular weight is 715 g/mol. The van der Waals surface area contributed by atoms with Crippen LogP contribution in [0.1, 0.15) is 32.7 Å². The fraction of sp³-hybridized carbons (Fsp3) is 0.312. The van der Waals surface area contributed by atoms with E-state index in [1.165, 1.54) is 48.7 Å². The van der Waals surface area contributed by atoms with E-state index in [2.05, 4.69) is 10.3 Å². The number of aromatic carboxylic acids is 1. The zero-order chi connectivity index (χ0) is 35.0. The molecule has 13 nitrogen and oxygen atoms in total. The summed E-state index contributed by atoms with van der Waals surface area (Å²) >= 11 is 7.71. The number of anilines is 1. The van der Waals surface area contributed by atoms with Gasteiger partial charge in [0.15, 0.2) is 10.8 Å². The smallest absolute Gasteiger partial charge is 0.338 e. The zero-order valence-electron chi connectivity index (χ0n) is 26.1. The molecule has 3 aliphatic heterocycles. The molecule has 0 spiro atoms. The second-order valence-electron chi connectivity index (χ2n) is 11.4. The van der Waals surface area contributed by atoms with Gasteiger partial charge in [-0.1, -0.05) is 17.7 Å². The van der Waals surface area contributed by atoms with Crippen LogP contribution in [0.3, 0.4) is 0 Å². The average Bonchev–Trinajstić information content (AvgIpc) is 3.67. The molecule has 2 atom stereocenters. The third-order valence-corrected chi connectivity index (χ3v) is 9.63. The Bertz CT molecular complexity index is 1920. The van der Waals surface area contributed by atoms with Crippen molar-refractivity contribution in [2.45, 2.75) is 18.5 Å². The lowest BCUT2D eigenvalue weighted by molar-refractivity contribution is -0.140. The van der Waals surface area contributed by atoms with Gasteiger partial charge in [-0.05, 0) is 30.3 Å². The number of carbonyl (C=O) groups excluding carboxylic acids is 3. The van der Waals surface area contributed by atoms with E-state index in [1.54, 1.807) is 10.3 Å². The Kier molecular flexibility index (Phi) is 9.63. The summed E-state index contributed by atoms with van der Waals surface area (Å²) in [6, 6.07) is 5.72. The largest absolute Gasteiger partial charge is 0.478 e. The number of carboxylic acid groups (broad SMARTS) is 1. The van der Waals surface area contributed by atoms with Crippen molar-refractivity contribution < 1.29 is 42.5 Å². The third kappa shape index (κ3) is 6.84. The molecular formula is C32H29ClF2N6O7S. The first kappa shape index (κ1) is 34.0. The first-order valence-electron chi connectivity index (χ1n) is 14.9. The number of esters is 2. The van der Waals surface area contributed by atoms with Crippen LogP contribution in [-0.2, 0) is 25.5 Å². The number of rotatable bonds is 9. The SMILES string of the molecule is COC(=O)Cc1csc(C2=N[C@@H](c3ccc(F)cc3Cl)C(C(=O)OC)=C(CN3CCN4C(=O)N(c5ccc(C(=O)O)c(F)c5)C[C@@H]4C3)N2)n1. The molecule has 0 aliphatic carbocycles. The Balaban J connectivity index is 1.30. The van der Waals surface area contributed by atoms with Gasteiger partial charge in [0.05, 0.1) is 43.5 Å². The number of amides is 2. The second kappa shape index (κ2) is 13.9. The molecule has 3 aromatic rings. The van der Waals surface area contributed by atoms with Crippen LogP contribution in [0.4, 0.5) is 19.3 Å². The Hall–Kier alpha value is -4.93. The van der Waals surface area contributed by atoms with E-state index in [1.807, 2.05) is 4.90 Å². The van der Waals surface area contributed by atoms with Crippen LogP contribution in [0.25, 0.3) is 0 Å². The van der Waals surface area contributed by atoms with Crippen molar-refractivity contribution in [3.05, 3.63) is 91.5 Å². The normalized spacial score (nSPS) is 19.4. The Morgan fingerprint density at radius 1 is 1.10 bits per heavy atom. The zero-order valence-corrected chi connectivity index (χ0v) is 27.7. The molecule has 0 saturated carbocycles. The highest BCUT2D eigenvalue weighted by atomic mass is 35.5. The summed E-state index contributed by atoms with van der Waals surface area (Å²) in [6.45, 7) is 1.53. The van der Waals surface area contributed by atoms with Crippen molar-refractivity contribution in [1.29, 1.82) is 0 Å². The molecule has 4 heterocycles. The monoisotopic (exact) mass is 714 g/mol. The fourth-order valence-corrected chi connectivity index (χ4v) is 7.08. The molecule has 17 heteroatoms. The van der Waals surface area contributed by atoms with Crippen molar-refractivity contribution in [1.82, 2.24) is 20.1 Å². The minimum atomic E-state index is -1.41. The molecule has 1 aromatic heterocycles. The predicted octanol–water partition coefficient (Wildman–Crippen LogP) is 3.63. The highest BCUT2D eigenvalue weighted by Gasteiger charge is 2.42. The number of amidine groups is 1. The van der Waals surface area contributed by atoms with Crippen LogP contribution in [0.15, 0.2) is 58.0 Å². The highest BCUT2D eigenvalue weighted by Crippen LogP contribution is 2.37. The number of hydrogen-bond acceptors (Lipinski definition) is 11. The minimum Gasteiger partial charge on any atom is -0.478 e. The molecule has 0 radical (unpaired) electrons. The Morgan fingerprint density at radius 3 is 2.59 bits per heavy atom. The van der Waals surface area contributed by atoms with Gasteiger partial charge in [0.2, 0.25) is 0 Å². The molecule has 2 aromatic carbocycles. The van der Waals surface area contributed by atoms with E-state index in [0.717, 1.165) is 18.2 Å². The van der Waals surface area contributed by atoms with E-state index < -0.39 is 41.1 Å². The summed E-state index contributed by atoms with van der Waals surface area (Å²) in [5.74, 6) is -3.78. The number of hydrogen-bond donors (Lipinski definition) is 2. The number of ether oxygens (including phenoxy) is 2. The lowest BCUT2D eigenvalue weighted by Crippen LogP contribution is -2.53. The second-order valence-corrected chi connectivity index (χ2v) is 12.7. The lowest BCUT2D eigenvalue weighted by Gasteiger charge is -2.38. The van der Waals surface area contributed by atoms with Crippen LogP contribution in [0.5, 0.6) is 0 Å². The number of methoxy groups -OCH3 is 2. The number of halogens is 3. The van der Waals surface area contributed by atoms with Gasteiger partial charge in [0.1, 0.15) is 17.7 Å². The van der Waals surface area contributed by atoms with Gasteiger partial charge in [0, 0.05) is 60.1 Å². The molecule has 2 amide bonds. The lowest BCUT2D eigenvalue weighted by atomic mass is 9.95. The van der Waals surface area contributed by atoms with Gasteiger partial charge in [-0.2, -0.15) is 0 Å². The molecule has 6 rings (SSSR count). The maximum Gasteiger partial charge on any atom is 0.338 e. The molecule has 2 fully saturated rings. The topological polar surface area (TPSA) is 154 Å². The Labute approximate surface area is 287 Å². The van der Waals surface area contributed by atoms with E-state index in [4.69, 9.17) is 26.1 Å². The van der Waals surface area contributed by atoms with E-state index in [9.17, 15) is 33.1 Å². The van der Waals surface area contributed by atoms with Crippen molar-refractivity contribution in [3.63, 3.8) is 0 Å². The number of fused-ring (bicyclic) bond motifs is 1. The predicted molar refractivity (Wildman–Crippen MR) is 174 cm³/mol. The van der Waals surface area contributed by atoms with Crippen molar-refractivity contribution >= 4 is 58.4 Å². The van der Waals surface area contributed by atoms with Crippen molar-refractivity contribution in [2.24, 2.45) is 4.99 Å². The number of carbonyl (C=O) groups is 4. The van der Waals surface area contributed by atoms with Crippen LogP contribution >= 0.6 is 22.9 Å². The maximum absolute atomic E-state index is 14.5. The third-order valence-electron chi connectivity index (χ3n) is 8.41. The van der Waals surface area contributed by atoms with Crippen LogP contribution in [0, 0.1) is 11.6 Å². The van der Waals surface area contributed by atoms with Gasteiger partial charge in [-0.15, -0.1) is 11.3 Å². The molecule has 256 valence electrons. The van der Waals surface area contributed by atoms with Gasteiger partial charge in [0.25, 0.3) is 0 Å². The number of piperazine rings is 1. The summed E-state index contributed by atoms with van der Waals surface area (Å²) in [5, 5.41) is 14.6. The standard InChI is InChI=1S/C32H29ClF2N6O7S/c1-47-25(42)10-17-15-49-29(36-17)28-37-24(26(31(45)48-2)27(38-28)20-5-3-16(34)9-22(20)33)14-39-7-8-40-19(12-39)13-41(32(40)46)18-4-6-21(30(43)44)23(35)11-18/h3-6,9,11,15,19,27H,7-8,10,12-14H2,1-2H3,(H,37,38)(H,43,44)/t19-,27-/m0/s1. The first-order valence-corrected chi connectivity index (χ1v) is 16.2. The summed E-state index contributed by atoms with van der Waals surface area (Å²) in [7, 11) is 2.51. The molecule has 3 aliphatic rings. The van der Waals surface area contributed by atoms with Gasteiger partial charge in [-0.25, -0.2) is 28.1 Å². The number of nitrogens with one attached hydrogen (secondary N) is 1. The summed E-state index contributed by atoms with van der Waals surface area (Å²) in [4.78, 5) is 64.3. The fourth-order valence-electron chi connectivity index (χ4n) is 6.04. The molecule has 0 unspecified atom stereocenters. The minimum absolute atomic E-state index is 0.0484. The summed E-state index contributed by atoms with van der Waals surface area (Å²) < 4.78 is 38.5. The van der Waals surface area contributed by atoms with E-state index in [-0.39, 0.29) is 47.9 Å². The van der Waals surface area contributed by atoms with E-state index in [0.29, 0.717) is 47.4 Å². The number of carboxylic acids is 1. The van der Waals surface area contributed by atoms with Crippen molar-refractivity contribution in [2.75, 3.05) is 51.8 Å². The van der Waals surface area contributed by atoms with Crippen LogP contribution in [0.2, 0.25) is 5.02 Å². The molecule has 49 heavy (non-hydrogen) atoms. The number of aromatic nitrogens is 1. The number of aliphatic imine (C=N–C) groups is 1. The number of benzene rings is 2. The quantitative estimate of drug-likeness (QED) is 0.314. The summed E-state index contributed by atoms with van der Waals surface area (Å²) in [5.41, 5.74) is 1.14. The Morgan fingerprint density at radius 2 is 1.90 bits per heavy atom. The maximum atomic E-state index is 14.5. The van der Waals surface area contributed by atoms with Crippen LogP contribution < -0.4 is 10.2 Å². The van der Waals surface area contributed by atoms with Gasteiger partial charge >= 0.3 is 23.9 Å². The molecule has 2 saturated heterocycles. The number of nitrogens with zero attached hydrogens (tertiary/aromatic N) is 5. The molecule has 2 N–H and O–H groups in total. The molecular weight excluding hydrogens is 686 g/mol. The molecule has 0 bridgehead atoms. The van der Waals surface area contributed by atoms with E-state index >= 15 is 0 Å². The number of thiazole rings is 1.